The summed E-state index contributed by atoms with van der Waals surface area (Å²) in [6, 6.07) is 6.64. The summed E-state index contributed by atoms with van der Waals surface area (Å²) >= 11 is 0. The number of aromatic carboxylic acids is 1. The van der Waals surface area contributed by atoms with Crippen LogP contribution >= 0.6 is 0 Å². The first kappa shape index (κ1) is 11.9. The van der Waals surface area contributed by atoms with Crippen molar-refractivity contribution in [3.63, 3.8) is 0 Å². The molecular formula is C14H14N2O3. The first-order valence-corrected chi connectivity index (χ1v) is 6.15. The third-order valence-electron chi connectivity index (χ3n) is 3.64. The molecule has 98 valence electrons. The number of benzene rings is 1. The van der Waals surface area contributed by atoms with E-state index in [9.17, 15) is 4.79 Å². The van der Waals surface area contributed by atoms with Crippen molar-refractivity contribution in [1.82, 2.24) is 10.2 Å². The van der Waals surface area contributed by atoms with Gasteiger partial charge in [-0.2, -0.15) is 0 Å². The lowest BCUT2D eigenvalue weighted by atomic mass is 10.1. The molecule has 1 aromatic carbocycles. The van der Waals surface area contributed by atoms with E-state index in [1.165, 1.54) is 6.07 Å². The van der Waals surface area contributed by atoms with Gasteiger partial charge in [0.1, 0.15) is 0 Å². The molecule has 19 heavy (non-hydrogen) atoms. The third-order valence-corrected chi connectivity index (χ3v) is 3.64. The van der Waals surface area contributed by atoms with E-state index in [0.717, 1.165) is 6.42 Å². The van der Waals surface area contributed by atoms with Crippen LogP contribution in [0.15, 0.2) is 28.7 Å². The number of aromatic nitrogens is 2. The molecular weight excluding hydrogens is 244 g/mol. The van der Waals surface area contributed by atoms with Crippen LogP contribution in [0.5, 0.6) is 0 Å². The summed E-state index contributed by atoms with van der Waals surface area (Å²) in [7, 11) is 0. The zero-order valence-electron chi connectivity index (χ0n) is 10.8. The van der Waals surface area contributed by atoms with Crippen LogP contribution in [0.25, 0.3) is 11.5 Å². The number of carboxylic acid groups (broad SMARTS) is 1. The van der Waals surface area contributed by atoms with Crippen LogP contribution in [0.1, 0.15) is 42.4 Å². The van der Waals surface area contributed by atoms with Gasteiger partial charge in [0.15, 0.2) is 0 Å². The van der Waals surface area contributed by atoms with Crippen LogP contribution in [-0.4, -0.2) is 21.3 Å². The van der Waals surface area contributed by atoms with E-state index in [-0.39, 0.29) is 22.8 Å². The second-order valence-electron chi connectivity index (χ2n) is 5.54. The molecule has 3 rings (SSSR count). The minimum atomic E-state index is -0.998. The molecule has 2 aromatic rings. The van der Waals surface area contributed by atoms with Gasteiger partial charge in [-0.3, -0.25) is 0 Å². The average molecular weight is 258 g/mol. The van der Waals surface area contributed by atoms with Gasteiger partial charge in [-0.25, -0.2) is 4.79 Å². The number of nitrogens with zero attached hydrogens (tertiary/aromatic N) is 2. The number of hydrogen-bond donors (Lipinski definition) is 1. The summed E-state index contributed by atoms with van der Waals surface area (Å²) in [5.74, 6) is 0.156. The predicted molar refractivity (Wildman–Crippen MR) is 67.8 cm³/mol. The largest absolute Gasteiger partial charge is 0.478 e. The number of carboxylic acids is 1. The fourth-order valence-electron chi connectivity index (χ4n) is 2.23. The van der Waals surface area contributed by atoms with Gasteiger partial charge in [-0.1, -0.05) is 26.0 Å². The van der Waals surface area contributed by atoms with Crippen LogP contribution < -0.4 is 0 Å². The number of hydrogen-bond acceptors (Lipinski definition) is 4. The van der Waals surface area contributed by atoms with Crippen LogP contribution in [0.4, 0.5) is 0 Å². The standard InChI is InChI=1S/C14H14N2O3/c1-14(2)7-10(14)12-16-15-11(19-12)8-5-3-4-6-9(8)13(17)18/h3-6,10H,7H2,1-2H3,(H,17,18). The molecule has 0 saturated heterocycles. The highest BCUT2D eigenvalue weighted by atomic mass is 16.4. The molecule has 1 aromatic heterocycles. The molecule has 1 unspecified atom stereocenters. The van der Waals surface area contributed by atoms with Crippen LogP contribution in [-0.2, 0) is 0 Å². The normalized spacial score (nSPS) is 20.2. The smallest absolute Gasteiger partial charge is 0.336 e. The lowest BCUT2D eigenvalue weighted by molar-refractivity contribution is 0.0697. The second-order valence-corrected chi connectivity index (χ2v) is 5.54. The van der Waals surface area contributed by atoms with Crippen molar-refractivity contribution in [3.8, 4) is 11.5 Å². The van der Waals surface area contributed by atoms with Crippen molar-refractivity contribution in [2.75, 3.05) is 0 Å². The Morgan fingerprint density at radius 2 is 2.05 bits per heavy atom. The van der Waals surface area contributed by atoms with Crippen molar-refractivity contribution < 1.29 is 14.3 Å². The Morgan fingerprint density at radius 3 is 2.68 bits per heavy atom. The van der Waals surface area contributed by atoms with E-state index in [1.54, 1.807) is 18.2 Å². The topological polar surface area (TPSA) is 76.2 Å². The van der Waals surface area contributed by atoms with Crippen LogP contribution in [0, 0.1) is 5.41 Å². The summed E-state index contributed by atoms with van der Waals surface area (Å²) in [5.41, 5.74) is 0.843. The molecule has 5 heteroatoms. The van der Waals surface area contributed by atoms with Crippen molar-refractivity contribution >= 4 is 5.97 Å². The summed E-state index contributed by atoms with van der Waals surface area (Å²) in [5, 5.41) is 17.2. The van der Waals surface area contributed by atoms with E-state index in [1.807, 2.05) is 0 Å². The Kier molecular flexibility index (Phi) is 2.45. The number of carbonyl (C=O) groups is 1. The summed E-state index contributed by atoms with van der Waals surface area (Å²) in [6.07, 6.45) is 1.02. The minimum absolute atomic E-state index is 0.174. The zero-order chi connectivity index (χ0) is 13.6. The molecule has 1 heterocycles. The van der Waals surface area contributed by atoms with Gasteiger partial charge < -0.3 is 9.52 Å². The fourth-order valence-corrected chi connectivity index (χ4v) is 2.23. The highest BCUT2D eigenvalue weighted by Crippen LogP contribution is 2.58. The lowest BCUT2D eigenvalue weighted by Crippen LogP contribution is -1.99. The summed E-state index contributed by atoms with van der Waals surface area (Å²) in [6.45, 7) is 4.29. The van der Waals surface area contributed by atoms with E-state index >= 15 is 0 Å². The molecule has 5 nitrogen and oxygen atoms in total. The van der Waals surface area contributed by atoms with E-state index in [0.29, 0.717) is 11.5 Å². The van der Waals surface area contributed by atoms with Gasteiger partial charge >= 0.3 is 5.97 Å². The van der Waals surface area contributed by atoms with Gasteiger partial charge in [0.2, 0.25) is 11.8 Å². The van der Waals surface area contributed by atoms with Crippen LogP contribution in [0.3, 0.4) is 0 Å². The SMILES string of the molecule is CC1(C)CC1c1nnc(-c2ccccc2C(=O)O)o1. The third kappa shape index (κ3) is 2.01. The maximum Gasteiger partial charge on any atom is 0.336 e. The fraction of sp³-hybridized carbons (Fsp3) is 0.357. The van der Waals surface area contributed by atoms with E-state index in [2.05, 4.69) is 24.0 Å². The maximum atomic E-state index is 11.2. The van der Waals surface area contributed by atoms with Crippen molar-refractivity contribution in [1.29, 1.82) is 0 Å². The van der Waals surface area contributed by atoms with Gasteiger partial charge in [0.25, 0.3) is 0 Å². The first-order chi connectivity index (χ1) is 8.99. The molecule has 1 fully saturated rings. The Labute approximate surface area is 110 Å². The molecule has 1 aliphatic rings. The molecule has 1 saturated carbocycles. The molecule has 1 N–H and O–H groups in total. The highest BCUT2D eigenvalue weighted by molar-refractivity contribution is 5.94. The molecule has 0 bridgehead atoms. The summed E-state index contributed by atoms with van der Waals surface area (Å²) in [4.78, 5) is 11.2. The second kappa shape index (κ2) is 3.91. The molecule has 0 aliphatic heterocycles. The van der Waals surface area contributed by atoms with Gasteiger partial charge in [0.05, 0.1) is 11.1 Å². The predicted octanol–water partition coefficient (Wildman–Crippen LogP) is 2.95. The van der Waals surface area contributed by atoms with Crippen molar-refractivity contribution in [3.05, 3.63) is 35.7 Å². The van der Waals surface area contributed by atoms with Gasteiger partial charge in [-0.05, 0) is 24.0 Å². The van der Waals surface area contributed by atoms with E-state index in [4.69, 9.17) is 9.52 Å². The van der Waals surface area contributed by atoms with Gasteiger partial charge in [0, 0.05) is 5.92 Å². The monoisotopic (exact) mass is 258 g/mol. The average Bonchev–Trinajstić information content (AvgIpc) is 2.82. The molecule has 1 atom stereocenters. The van der Waals surface area contributed by atoms with Crippen molar-refractivity contribution in [2.45, 2.75) is 26.2 Å². The minimum Gasteiger partial charge on any atom is -0.478 e. The molecule has 1 aliphatic carbocycles. The highest BCUT2D eigenvalue weighted by Gasteiger charge is 2.50. The molecule has 0 spiro atoms. The summed E-state index contributed by atoms with van der Waals surface area (Å²) < 4.78 is 5.63. The lowest BCUT2D eigenvalue weighted by Gasteiger charge is -2.00. The zero-order valence-corrected chi connectivity index (χ0v) is 10.8. The molecule has 0 radical (unpaired) electrons. The maximum absolute atomic E-state index is 11.2. The van der Waals surface area contributed by atoms with Gasteiger partial charge in [-0.15, -0.1) is 10.2 Å². The van der Waals surface area contributed by atoms with E-state index < -0.39 is 5.97 Å². The first-order valence-electron chi connectivity index (χ1n) is 6.15. The van der Waals surface area contributed by atoms with Crippen molar-refractivity contribution in [2.24, 2.45) is 5.41 Å². The quantitative estimate of drug-likeness (QED) is 0.915. The molecule has 0 amide bonds. The number of rotatable bonds is 3. The Hall–Kier alpha value is -2.17. The Bertz CT molecular complexity index is 646. The van der Waals surface area contributed by atoms with Crippen LogP contribution in [0.2, 0.25) is 0 Å². The Balaban J connectivity index is 1.98. The Morgan fingerprint density at radius 1 is 1.37 bits per heavy atom.